The summed E-state index contributed by atoms with van der Waals surface area (Å²) in [5.74, 6) is 0. The molecule has 0 aromatic heterocycles. The fourth-order valence-corrected chi connectivity index (χ4v) is 7.49. The molecule has 2 nitrogen and oxygen atoms in total. The summed E-state index contributed by atoms with van der Waals surface area (Å²) in [6, 6.07) is 44.1. The summed E-state index contributed by atoms with van der Waals surface area (Å²) in [7, 11) is 0. The van der Waals surface area contributed by atoms with Gasteiger partial charge < -0.3 is 4.90 Å². The van der Waals surface area contributed by atoms with Crippen molar-refractivity contribution in [2.45, 2.75) is 38.5 Å². The Balaban J connectivity index is 1.28. The van der Waals surface area contributed by atoms with E-state index in [0.29, 0.717) is 0 Å². The van der Waals surface area contributed by atoms with Crippen LogP contribution in [-0.2, 0) is 10.8 Å². The molecule has 0 unspecified atom stereocenters. The van der Waals surface area contributed by atoms with Crippen LogP contribution >= 0.6 is 0 Å². The zero-order chi connectivity index (χ0) is 29.5. The fraction of sp³-hybridized carbons (Fsp3) is 0.146. The highest BCUT2D eigenvalue weighted by atomic mass is 16.1. The van der Waals surface area contributed by atoms with E-state index in [2.05, 4.69) is 148 Å². The Morgan fingerprint density at radius 2 is 1.12 bits per heavy atom. The summed E-state index contributed by atoms with van der Waals surface area (Å²) in [5.41, 5.74) is 14.1. The maximum Gasteiger partial charge on any atom is 0.150 e. The molecule has 208 valence electrons. The summed E-state index contributed by atoms with van der Waals surface area (Å²) in [6.45, 7) is 9.23. The molecule has 0 N–H and O–H groups in total. The smallest absolute Gasteiger partial charge is 0.150 e. The maximum absolute atomic E-state index is 11.5. The van der Waals surface area contributed by atoms with Gasteiger partial charge in [-0.1, -0.05) is 107 Å². The lowest BCUT2D eigenvalue weighted by atomic mass is 9.72. The molecule has 0 amide bonds. The van der Waals surface area contributed by atoms with Gasteiger partial charge in [-0.05, 0) is 97.7 Å². The number of rotatable bonds is 3. The van der Waals surface area contributed by atoms with Crippen molar-refractivity contribution in [3.63, 3.8) is 0 Å². The molecule has 1 aliphatic carbocycles. The first-order valence-corrected chi connectivity index (χ1v) is 15.1. The molecule has 0 saturated heterocycles. The highest BCUT2D eigenvalue weighted by molar-refractivity contribution is 5.93. The van der Waals surface area contributed by atoms with Gasteiger partial charge in [0.05, 0.1) is 11.4 Å². The fourth-order valence-electron chi connectivity index (χ4n) is 7.49. The van der Waals surface area contributed by atoms with E-state index in [1.165, 1.54) is 72.3 Å². The number of nitrogens with zero attached hydrogens (tertiary/aromatic N) is 1. The molecular formula is C41H33NO. The lowest BCUT2D eigenvalue weighted by Gasteiger charge is -2.42. The molecule has 0 radical (unpaired) electrons. The van der Waals surface area contributed by atoms with Crippen molar-refractivity contribution in [2.75, 3.05) is 4.90 Å². The van der Waals surface area contributed by atoms with Crippen molar-refractivity contribution in [1.29, 1.82) is 0 Å². The second kappa shape index (κ2) is 9.02. The molecule has 43 heavy (non-hydrogen) atoms. The highest BCUT2D eigenvalue weighted by Gasteiger charge is 2.38. The Bertz CT molecular complexity index is 2120. The van der Waals surface area contributed by atoms with E-state index in [-0.39, 0.29) is 10.8 Å². The molecule has 0 saturated carbocycles. The van der Waals surface area contributed by atoms with Crippen LogP contribution in [0, 0.1) is 0 Å². The summed E-state index contributed by atoms with van der Waals surface area (Å²) in [6.07, 6.45) is 0.943. The number of carbonyl (C=O) groups is 1. The standard InChI is InChI=1S/C41H33NO/c1-40(2)34-11-7-8-12-38(34)42(31-17-14-27-9-5-6-10-28(27)22-31)39-20-16-30(24-37(39)40)29-15-19-33-32-18-13-26(25-43)21-35(32)41(3,4)36(33)23-29/h5-25H,1-4H3. The first-order chi connectivity index (χ1) is 20.8. The van der Waals surface area contributed by atoms with Crippen LogP contribution in [0.5, 0.6) is 0 Å². The Morgan fingerprint density at radius 1 is 0.512 bits per heavy atom. The molecule has 0 spiro atoms. The van der Waals surface area contributed by atoms with Crippen LogP contribution in [0.2, 0.25) is 0 Å². The molecule has 8 rings (SSSR count). The van der Waals surface area contributed by atoms with Crippen LogP contribution in [0.1, 0.15) is 60.3 Å². The number of hydrogen-bond acceptors (Lipinski definition) is 2. The number of carbonyl (C=O) groups excluding carboxylic acids is 1. The summed E-state index contributed by atoms with van der Waals surface area (Å²) < 4.78 is 0. The van der Waals surface area contributed by atoms with Gasteiger partial charge in [-0.2, -0.15) is 0 Å². The van der Waals surface area contributed by atoms with Gasteiger partial charge in [0, 0.05) is 22.1 Å². The van der Waals surface area contributed by atoms with Gasteiger partial charge in [0.1, 0.15) is 6.29 Å². The Hall–Kier alpha value is -4.95. The molecule has 2 aliphatic rings. The van der Waals surface area contributed by atoms with Gasteiger partial charge in [-0.15, -0.1) is 0 Å². The first-order valence-electron chi connectivity index (χ1n) is 15.1. The number of hydrogen-bond donors (Lipinski definition) is 0. The van der Waals surface area contributed by atoms with E-state index < -0.39 is 0 Å². The summed E-state index contributed by atoms with van der Waals surface area (Å²) >= 11 is 0. The van der Waals surface area contributed by atoms with Gasteiger partial charge in [0.25, 0.3) is 0 Å². The van der Waals surface area contributed by atoms with E-state index >= 15 is 0 Å². The third-order valence-corrected chi connectivity index (χ3v) is 9.89. The monoisotopic (exact) mass is 555 g/mol. The minimum atomic E-state index is -0.182. The van der Waals surface area contributed by atoms with Crippen LogP contribution < -0.4 is 4.90 Å². The zero-order valence-electron chi connectivity index (χ0n) is 25.0. The normalized spacial score (nSPS) is 15.4. The lowest BCUT2D eigenvalue weighted by molar-refractivity contribution is 0.112. The van der Waals surface area contributed by atoms with Gasteiger partial charge in [0.15, 0.2) is 0 Å². The minimum absolute atomic E-state index is 0.174. The van der Waals surface area contributed by atoms with Crippen molar-refractivity contribution in [3.05, 3.63) is 149 Å². The number of para-hydroxylation sites is 1. The molecular weight excluding hydrogens is 522 g/mol. The molecule has 1 aliphatic heterocycles. The number of benzene rings is 6. The summed E-state index contributed by atoms with van der Waals surface area (Å²) in [5, 5.41) is 2.49. The Morgan fingerprint density at radius 3 is 1.91 bits per heavy atom. The van der Waals surface area contributed by atoms with E-state index in [0.717, 1.165) is 11.8 Å². The first kappa shape index (κ1) is 25.7. The average molecular weight is 556 g/mol. The van der Waals surface area contributed by atoms with Crippen molar-refractivity contribution < 1.29 is 4.79 Å². The molecule has 6 aromatic carbocycles. The topological polar surface area (TPSA) is 20.3 Å². The Labute approximate surface area is 253 Å². The van der Waals surface area contributed by atoms with Crippen molar-refractivity contribution in [3.8, 4) is 22.3 Å². The molecule has 0 bridgehead atoms. The van der Waals surface area contributed by atoms with Crippen LogP contribution in [-0.4, -0.2) is 6.29 Å². The van der Waals surface area contributed by atoms with Crippen LogP contribution in [0.4, 0.5) is 17.1 Å². The second-order valence-corrected chi connectivity index (χ2v) is 13.0. The van der Waals surface area contributed by atoms with E-state index in [4.69, 9.17) is 0 Å². The quantitative estimate of drug-likeness (QED) is 0.202. The van der Waals surface area contributed by atoms with Crippen molar-refractivity contribution >= 4 is 34.1 Å². The van der Waals surface area contributed by atoms with Crippen LogP contribution in [0.15, 0.2) is 121 Å². The third-order valence-electron chi connectivity index (χ3n) is 9.89. The average Bonchev–Trinajstić information content (AvgIpc) is 3.26. The number of aldehydes is 1. The SMILES string of the molecule is CC1(C)c2cc(C=O)ccc2-c2ccc(-c3ccc4c(c3)C(C)(C)c3ccccc3N4c3ccc4ccccc4c3)cc21. The van der Waals surface area contributed by atoms with E-state index in [9.17, 15) is 4.79 Å². The van der Waals surface area contributed by atoms with Gasteiger partial charge in [0.2, 0.25) is 0 Å². The van der Waals surface area contributed by atoms with Gasteiger partial charge in [-0.3, -0.25) is 4.79 Å². The molecule has 0 atom stereocenters. The van der Waals surface area contributed by atoms with E-state index in [1.807, 2.05) is 6.07 Å². The molecule has 1 heterocycles. The Kier molecular flexibility index (Phi) is 5.40. The molecule has 0 fully saturated rings. The van der Waals surface area contributed by atoms with Crippen LogP contribution in [0.25, 0.3) is 33.0 Å². The molecule has 2 heteroatoms. The maximum atomic E-state index is 11.5. The largest absolute Gasteiger partial charge is 0.310 e. The second-order valence-electron chi connectivity index (χ2n) is 13.0. The van der Waals surface area contributed by atoms with Gasteiger partial charge in [-0.25, -0.2) is 0 Å². The predicted octanol–water partition coefficient (Wildman–Crippen LogP) is 10.7. The number of fused-ring (bicyclic) bond motifs is 6. The zero-order valence-corrected chi connectivity index (χ0v) is 25.0. The van der Waals surface area contributed by atoms with Crippen LogP contribution in [0.3, 0.4) is 0 Å². The predicted molar refractivity (Wildman–Crippen MR) is 179 cm³/mol. The minimum Gasteiger partial charge on any atom is -0.310 e. The highest BCUT2D eigenvalue weighted by Crippen LogP contribution is 2.54. The number of anilines is 3. The summed E-state index contributed by atoms with van der Waals surface area (Å²) in [4.78, 5) is 14.0. The van der Waals surface area contributed by atoms with E-state index in [1.54, 1.807) is 0 Å². The third kappa shape index (κ3) is 3.69. The lowest BCUT2D eigenvalue weighted by Crippen LogP contribution is -2.30. The van der Waals surface area contributed by atoms with Gasteiger partial charge >= 0.3 is 0 Å². The van der Waals surface area contributed by atoms with Crippen molar-refractivity contribution in [2.24, 2.45) is 0 Å². The molecule has 6 aromatic rings. The van der Waals surface area contributed by atoms with Crippen molar-refractivity contribution in [1.82, 2.24) is 0 Å².